The van der Waals surface area contributed by atoms with Gasteiger partial charge in [-0.15, -0.1) is 0 Å². The Morgan fingerprint density at radius 1 is 1.12 bits per heavy atom. The fourth-order valence-electron chi connectivity index (χ4n) is 1.72. The van der Waals surface area contributed by atoms with Gasteiger partial charge in [-0.2, -0.15) is 0 Å². The Morgan fingerprint density at radius 3 is 2.19 bits per heavy atom. The SMILES string of the molecule is CCCc1ccc(CCNCC(C)N)cc1. The number of nitrogens with one attached hydrogen (secondary N) is 1. The van der Waals surface area contributed by atoms with Crippen LogP contribution in [0.25, 0.3) is 0 Å². The van der Waals surface area contributed by atoms with Crippen LogP contribution in [0.5, 0.6) is 0 Å². The van der Waals surface area contributed by atoms with E-state index in [0.29, 0.717) is 0 Å². The Kier molecular flexibility index (Phi) is 6.12. The lowest BCUT2D eigenvalue weighted by Crippen LogP contribution is -2.32. The third-order valence-electron chi connectivity index (χ3n) is 2.62. The van der Waals surface area contributed by atoms with Crippen molar-refractivity contribution in [1.29, 1.82) is 0 Å². The second-order valence-electron chi connectivity index (χ2n) is 4.50. The van der Waals surface area contributed by atoms with Gasteiger partial charge in [-0.05, 0) is 37.4 Å². The summed E-state index contributed by atoms with van der Waals surface area (Å²) in [5.74, 6) is 0. The van der Waals surface area contributed by atoms with Crippen LogP contribution in [-0.4, -0.2) is 19.1 Å². The molecule has 0 aromatic heterocycles. The minimum absolute atomic E-state index is 0.243. The first-order valence-corrected chi connectivity index (χ1v) is 6.26. The van der Waals surface area contributed by atoms with E-state index in [1.807, 2.05) is 6.92 Å². The highest BCUT2D eigenvalue weighted by atomic mass is 14.9. The van der Waals surface area contributed by atoms with Crippen LogP contribution < -0.4 is 11.1 Å². The number of nitrogens with two attached hydrogens (primary N) is 1. The molecule has 0 aliphatic carbocycles. The van der Waals surface area contributed by atoms with Crippen LogP contribution in [0.15, 0.2) is 24.3 Å². The monoisotopic (exact) mass is 220 g/mol. The lowest BCUT2D eigenvalue weighted by molar-refractivity contribution is 0.609. The Bertz CT molecular complexity index is 277. The Morgan fingerprint density at radius 2 is 1.69 bits per heavy atom. The predicted octanol–water partition coefficient (Wildman–Crippen LogP) is 2.12. The molecule has 2 nitrogen and oxygen atoms in total. The van der Waals surface area contributed by atoms with Gasteiger partial charge in [0.05, 0.1) is 0 Å². The fraction of sp³-hybridized carbons (Fsp3) is 0.571. The summed E-state index contributed by atoms with van der Waals surface area (Å²) < 4.78 is 0. The molecule has 3 N–H and O–H groups in total. The molecule has 1 rings (SSSR count). The second kappa shape index (κ2) is 7.42. The van der Waals surface area contributed by atoms with Crippen molar-refractivity contribution in [2.45, 2.75) is 39.2 Å². The maximum atomic E-state index is 5.66. The molecule has 0 radical (unpaired) electrons. The number of aryl methyl sites for hydroxylation is 1. The summed E-state index contributed by atoms with van der Waals surface area (Å²) in [6.45, 7) is 6.14. The van der Waals surface area contributed by atoms with Crippen LogP contribution in [0.3, 0.4) is 0 Å². The molecule has 0 bridgehead atoms. The molecule has 0 aliphatic heterocycles. The Labute approximate surface area is 99.2 Å². The van der Waals surface area contributed by atoms with E-state index in [-0.39, 0.29) is 6.04 Å². The number of benzene rings is 1. The van der Waals surface area contributed by atoms with Gasteiger partial charge in [0.25, 0.3) is 0 Å². The summed E-state index contributed by atoms with van der Waals surface area (Å²) in [5, 5.41) is 3.35. The van der Waals surface area contributed by atoms with E-state index < -0.39 is 0 Å². The van der Waals surface area contributed by atoms with Crippen molar-refractivity contribution in [3.63, 3.8) is 0 Å². The van der Waals surface area contributed by atoms with E-state index in [0.717, 1.165) is 19.5 Å². The minimum atomic E-state index is 0.243. The van der Waals surface area contributed by atoms with Gasteiger partial charge in [-0.25, -0.2) is 0 Å². The summed E-state index contributed by atoms with van der Waals surface area (Å²) in [6.07, 6.45) is 3.48. The van der Waals surface area contributed by atoms with E-state index in [1.54, 1.807) is 0 Å². The van der Waals surface area contributed by atoms with Crippen molar-refractivity contribution in [2.24, 2.45) is 5.73 Å². The molecule has 0 saturated heterocycles. The first kappa shape index (κ1) is 13.2. The quantitative estimate of drug-likeness (QED) is 0.691. The summed E-state index contributed by atoms with van der Waals surface area (Å²) in [6, 6.07) is 9.19. The van der Waals surface area contributed by atoms with Gasteiger partial charge in [-0.1, -0.05) is 37.6 Å². The van der Waals surface area contributed by atoms with Crippen LogP contribution in [0.2, 0.25) is 0 Å². The standard InChI is InChI=1S/C14H24N2/c1-3-4-13-5-7-14(8-6-13)9-10-16-11-12(2)15/h5-8,12,16H,3-4,9-11,15H2,1-2H3. The molecular weight excluding hydrogens is 196 g/mol. The molecule has 90 valence electrons. The van der Waals surface area contributed by atoms with Crippen LogP contribution in [0, 0.1) is 0 Å². The third-order valence-corrected chi connectivity index (χ3v) is 2.62. The van der Waals surface area contributed by atoms with E-state index in [2.05, 4.69) is 36.5 Å². The Hall–Kier alpha value is -0.860. The topological polar surface area (TPSA) is 38.0 Å². The first-order chi connectivity index (χ1) is 7.72. The molecule has 0 amide bonds. The summed E-state index contributed by atoms with van der Waals surface area (Å²) in [7, 11) is 0. The molecule has 0 heterocycles. The second-order valence-corrected chi connectivity index (χ2v) is 4.50. The highest BCUT2D eigenvalue weighted by Crippen LogP contribution is 2.06. The predicted molar refractivity (Wildman–Crippen MR) is 70.7 cm³/mol. The zero-order chi connectivity index (χ0) is 11.8. The van der Waals surface area contributed by atoms with Crippen molar-refractivity contribution < 1.29 is 0 Å². The van der Waals surface area contributed by atoms with Gasteiger partial charge in [0.2, 0.25) is 0 Å². The van der Waals surface area contributed by atoms with Gasteiger partial charge >= 0.3 is 0 Å². The number of hydrogen-bond donors (Lipinski definition) is 2. The molecule has 0 fully saturated rings. The van der Waals surface area contributed by atoms with Crippen molar-refractivity contribution in [1.82, 2.24) is 5.32 Å². The molecule has 0 aliphatic rings. The van der Waals surface area contributed by atoms with Crippen LogP contribution in [-0.2, 0) is 12.8 Å². The molecule has 1 aromatic carbocycles. The Balaban J connectivity index is 2.26. The highest BCUT2D eigenvalue weighted by molar-refractivity contribution is 5.22. The average Bonchev–Trinajstić information content (AvgIpc) is 2.27. The summed E-state index contributed by atoms with van der Waals surface area (Å²) >= 11 is 0. The number of rotatable bonds is 7. The molecule has 16 heavy (non-hydrogen) atoms. The molecule has 1 aromatic rings. The number of hydrogen-bond acceptors (Lipinski definition) is 2. The highest BCUT2D eigenvalue weighted by Gasteiger charge is 1.96. The maximum absolute atomic E-state index is 5.66. The van der Waals surface area contributed by atoms with E-state index in [4.69, 9.17) is 5.73 Å². The van der Waals surface area contributed by atoms with Gasteiger partial charge in [-0.3, -0.25) is 0 Å². The molecule has 1 unspecified atom stereocenters. The lowest BCUT2D eigenvalue weighted by atomic mass is 10.1. The summed E-state index contributed by atoms with van der Waals surface area (Å²) in [5.41, 5.74) is 8.50. The molecule has 2 heteroatoms. The average molecular weight is 220 g/mol. The zero-order valence-corrected chi connectivity index (χ0v) is 10.5. The molecular formula is C14H24N2. The van der Waals surface area contributed by atoms with Crippen LogP contribution in [0.1, 0.15) is 31.4 Å². The third kappa shape index (κ3) is 5.29. The first-order valence-electron chi connectivity index (χ1n) is 6.26. The van der Waals surface area contributed by atoms with Crippen molar-refractivity contribution >= 4 is 0 Å². The smallest absolute Gasteiger partial charge is 0.0136 e. The zero-order valence-electron chi connectivity index (χ0n) is 10.5. The lowest BCUT2D eigenvalue weighted by Gasteiger charge is -2.07. The molecule has 1 atom stereocenters. The van der Waals surface area contributed by atoms with Crippen LogP contribution >= 0.6 is 0 Å². The van der Waals surface area contributed by atoms with Gasteiger partial charge in [0, 0.05) is 12.6 Å². The van der Waals surface area contributed by atoms with Crippen LogP contribution in [0.4, 0.5) is 0 Å². The minimum Gasteiger partial charge on any atom is -0.327 e. The molecule has 0 saturated carbocycles. The van der Waals surface area contributed by atoms with Crippen molar-refractivity contribution in [3.05, 3.63) is 35.4 Å². The largest absolute Gasteiger partial charge is 0.327 e. The van der Waals surface area contributed by atoms with Gasteiger partial charge in [0.15, 0.2) is 0 Å². The van der Waals surface area contributed by atoms with Crippen molar-refractivity contribution in [3.8, 4) is 0 Å². The van der Waals surface area contributed by atoms with E-state index >= 15 is 0 Å². The molecule has 0 spiro atoms. The maximum Gasteiger partial charge on any atom is 0.0136 e. The van der Waals surface area contributed by atoms with Crippen molar-refractivity contribution in [2.75, 3.05) is 13.1 Å². The van der Waals surface area contributed by atoms with Gasteiger partial charge in [0.1, 0.15) is 0 Å². The van der Waals surface area contributed by atoms with Gasteiger partial charge < -0.3 is 11.1 Å². The summed E-state index contributed by atoms with van der Waals surface area (Å²) in [4.78, 5) is 0. The fourth-order valence-corrected chi connectivity index (χ4v) is 1.72. The normalized spacial score (nSPS) is 12.7. The van der Waals surface area contributed by atoms with E-state index in [9.17, 15) is 0 Å². The van der Waals surface area contributed by atoms with E-state index in [1.165, 1.54) is 24.0 Å².